The molecule has 1 aromatic rings. The van der Waals surface area contributed by atoms with Crippen LogP contribution in [0.4, 0.5) is 5.69 Å². The lowest BCUT2D eigenvalue weighted by atomic mass is 10.4. The van der Waals surface area contributed by atoms with Crippen molar-refractivity contribution >= 4 is 15.7 Å². The highest BCUT2D eigenvalue weighted by atomic mass is 32.2. The van der Waals surface area contributed by atoms with Gasteiger partial charge in [-0.15, -0.1) is 0 Å². The van der Waals surface area contributed by atoms with E-state index in [1.54, 1.807) is 6.07 Å². The molecule has 0 radical (unpaired) electrons. The maximum absolute atomic E-state index is 12.2. The Morgan fingerprint density at radius 2 is 2.17 bits per heavy atom. The number of nitrogen functional groups attached to an aromatic ring is 1. The van der Waals surface area contributed by atoms with E-state index in [1.807, 2.05) is 13.8 Å². The fourth-order valence-electron chi connectivity index (χ4n) is 1.30. The molecule has 0 amide bonds. The number of nitrogens with two attached hydrogens (primary N) is 1. The number of ether oxygens (including phenoxy) is 1. The molecule has 6 nitrogen and oxygen atoms in total. The number of sulfonamides is 1. The third-order valence-electron chi connectivity index (χ3n) is 2.31. The molecule has 1 heterocycles. The van der Waals surface area contributed by atoms with Gasteiger partial charge >= 0.3 is 0 Å². The Balaban J connectivity index is 2.78. The number of pyridine rings is 1. The molecule has 2 N–H and O–H groups in total. The molecule has 0 saturated carbocycles. The molecule has 1 aromatic heterocycles. The van der Waals surface area contributed by atoms with Crippen LogP contribution < -0.4 is 5.73 Å². The highest BCUT2D eigenvalue weighted by Crippen LogP contribution is 2.17. The molecule has 0 unspecified atom stereocenters. The van der Waals surface area contributed by atoms with E-state index in [0.717, 1.165) is 0 Å². The zero-order valence-corrected chi connectivity index (χ0v) is 11.6. The van der Waals surface area contributed by atoms with Gasteiger partial charge in [0.1, 0.15) is 0 Å². The van der Waals surface area contributed by atoms with E-state index in [-0.39, 0.29) is 23.4 Å². The number of rotatable bonds is 6. The van der Waals surface area contributed by atoms with E-state index in [4.69, 9.17) is 10.5 Å². The fraction of sp³-hybridized carbons (Fsp3) is 0.545. The van der Waals surface area contributed by atoms with E-state index in [1.165, 1.54) is 23.6 Å². The number of anilines is 1. The molecule has 1 rings (SSSR count). The quantitative estimate of drug-likeness (QED) is 0.825. The maximum Gasteiger partial charge on any atom is 0.262 e. The van der Waals surface area contributed by atoms with Gasteiger partial charge < -0.3 is 10.5 Å². The van der Waals surface area contributed by atoms with Gasteiger partial charge in [-0.25, -0.2) is 13.4 Å². The van der Waals surface area contributed by atoms with Crippen LogP contribution in [0, 0.1) is 0 Å². The van der Waals surface area contributed by atoms with Crippen molar-refractivity contribution in [3.05, 3.63) is 18.3 Å². The second kappa shape index (κ2) is 6.12. The van der Waals surface area contributed by atoms with Crippen molar-refractivity contribution in [3.63, 3.8) is 0 Å². The molecule has 0 bridgehead atoms. The van der Waals surface area contributed by atoms with Crippen molar-refractivity contribution in [1.29, 1.82) is 0 Å². The van der Waals surface area contributed by atoms with Gasteiger partial charge in [0.2, 0.25) is 0 Å². The summed E-state index contributed by atoms with van der Waals surface area (Å²) in [5.41, 5.74) is 5.77. The van der Waals surface area contributed by atoms with Gasteiger partial charge in [0.15, 0.2) is 5.03 Å². The molecule has 0 aliphatic rings. The smallest absolute Gasteiger partial charge is 0.262 e. The van der Waals surface area contributed by atoms with Gasteiger partial charge in [0, 0.05) is 19.8 Å². The summed E-state index contributed by atoms with van der Waals surface area (Å²) >= 11 is 0. The zero-order valence-electron chi connectivity index (χ0n) is 10.8. The zero-order chi connectivity index (χ0) is 13.8. The maximum atomic E-state index is 12.2. The fourth-order valence-corrected chi connectivity index (χ4v) is 2.47. The summed E-state index contributed by atoms with van der Waals surface area (Å²) in [6.07, 6.45) is 1.47. The molecular formula is C11H19N3O3S. The third-order valence-corrected chi connectivity index (χ3v) is 4.15. The summed E-state index contributed by atoms with van der Waals surface area (Å²) in [6, 6.07) is 3.11. The standard InChI is InChI=1S/C11H19N3O3S/c1-9(2)17-8-7-14(3)18(15,16)11-10(12)5-4-6-13-11/h4-6,9H,7-8,12H2,1-3H3. The SMILES string of the molecule is CC(C)OCCN(C)S(=O)(=O)c1ncccc1N. The van der Waals surface area contributed by atoms with Crippen LogP contribution in [0.1, 0.15) is 13.8 Å². The Morgan fingerprint density at radius 1 is 1.50 bits per heavy atom. The molecule has 0 aliphatic carbocycles. The van der Waals surface area contributed by atoms with Crippen LogP contribution >= 0.6 is 0 Å². The average molecular weight is 273 g/mol. The van der Waals surface area contributed by atoms with Gasteiger partial charge in [-0.3, -0.25) is 0 Å². The predicted octanol–water partition coefficient (Wildman–Crippen LogP) is 0.709. The Hall–Kier alpha value is -1.18. The molecule has 102 valence electrons. The highest BCUT2D eigenvalue weighted by Gasteiger charge is 2.24. The van der Waals surface area contributed by atoms with Crippen LogP contribution in [0.5, 0.6) is 0 Å². The molecule has 18 heavy (non-hydrogen) atoms. The first-order valence-electron chi connectivity index (χ1n) is 5.64. The largest absolute Gasteiger partial charge is 0.396 e. The summed E-state index contributed by atoms with van der Waals surface area (Å²) in [6.45, 7) is 4.38. The summed E-state index contributed by atoms with van der Waals surface area (Å²) < 4.78 is 30.8. The minimum Gasteiger partial charge on any atom is -0.396 e. The van der Waals surface area contributed by atoms with Gasteiger partial charge in [0.25, 0.3) is 10.0 Å². The number of likely N-dealkylation sites (N-methyl/N-ethyl adjacent to an activating group) is 1. The van der Waals surface area contributed by atoms with Crippen LogP contribution in [0.2, 0.25) is 0 Å². The number of hydrogen-bond donors (Lipinski definition) is 1. The van der Waals surface area contributed by atoms with Crippen LogP contribution in [0.25, 0.3) is 0 Å². The molecule has 0 saturated heterocycles. The van der Waals surface area contributed by atoms with Crippen molar-refractivity contribution in [1.82, 2.24) is 9.29 Å². The molecule has 0 fully saturated rings. The molecule has 0 aliphatic heterocycles. The lowest BCUT2D eigenvalue weighted by molar-refractivity contribution is 0.0737. The summed E-state index contributed by atoms with van der Waals surface area (Å²) in [4.78, 5) is 3.82. The highest BCUT2D eigenvalue weighted by molar-refractivity contribution is 7.89. The molecule has 0 aromatic carbocycles. The summed E-state index contributed by atoms with van der Waals surface area (Å²) in [5, 5.41) is -0.114. The second-order valence-corrected chi connectivity index (χ2v) is 6.10. The van der Waals surface area contributed by atoms with Crippen molar-refractivity contribution in [2.45, 2.75) is 25.0 Å². The topological polar surface area (TPSA) is 85.5 Å². The van der Waals surface area contributed by atoms with Gasteiger partial charge in [0.05, 0.1) is 18.4 Å². The Morgan fingerprint density at radius 3 is 2.72 bits per heavy atom. The first-order valence-corrected chi connectivity index (χ1v) is 7.08. The summed E-state index contributed by atoms with van der Waals surface area (Å²) in [5.74, 6) is 0. The first-order chi connectivity index (χ1) is 8.35. The Kier molecular flexibility index (Phi) is 5.06. The van der Waals surface area contributed by atoms with Gasteiger partial charge in [-0.2, -0.15) is 4.31 Å². The van der Waals surface area contributed by atoms with Gasteiger partial charge in [-0.05, 0) is 26.0 Å². The minimum absolute atomic E-state index is 0.0704. The Labute approximate surface area is 108 Å². The number of hydrogen-bond acceptors (Lipinski definition) is 5. The van der Waals surface area contributed by atoms with E-state index in [9.17, 15) is 8.42 Å². The second-order valence-electron chi connectivity index (χ2n) is 4.14. The average Bonchev–Trinajstić information content (AvgIpc) is 2.28. The molecular weight excluding hydrogens is 254 g/mol. The van der Waals surface area contributed by atoms with E-state index in [0.29, 0.717) is 6.61 Å². The van der Waals surface area contributed by atoms with Crippen molar-refractivity contribution in [2.24, 2.45) is 0 Å². The first kappa shape index (κ1) is 14.9. The van der Waals surface area contributed by atoms with Crippen LogP contribution in [-0.4, -0.2) is 44.0 Å². The lowest BCUT2D eigenvalue weighted by Gasteiger charge is -2.18. The normalized spacial score (nSPS) is 12.3. The number of nitrogens with zero attached hydrogens (tertiary/aromatic N) is 2. The Bertz CT molecular complexity index is 488. The van der Waals surface area contributed by atoms with Crippen molar-refractivity contribution in [3.8, 4) is 0 Å². The van der Waals surface area contributed by atoms with E-state index < -0.39 is 10.0 Å². The summed E-state index contributed by atoms with van der Waals surface area (Å²) in [7, 11) is -2.17. The van der Waals surface area contributed by atoms with Crippen LogP contribution in [-0.2, 0) is 14.8 Å². The van der Waals surface area contributed by atoms with Crippen molar-refractivity contribution in [2.75, 3.05) is 25.9 Å². The van der Waals surface area contributed by atoms with E-state index in [2.05, 4.69) is 4.98 Å². The van der Waals surface area contributed by atoms with E-state index >= 15 is 0 Å². The van der Waals surface area contributed by atoms with Crippen LogP contribution in [0.15, 0.2) is 23.4 Å². The third kappa shape index (κ3) is 3.66. The van der Waals surface area contributed by atoms with Gasteiger partial charge in [-0.1, -0.05) is 0 Å². The number of aromatic nitrogens is 1. The lowest BCUT2D eigenvalue weighted by Crippen LogP contribution is -2.32. The molecule has 0 spiro atoms. The van der Waals surface area contributed by atoms with Crippen LogP contribution in [0.3, 0.4) is 0 Å². The molecule has 0 atom stereocenters. The van der Waals surface area contributed by atoms with Crippen molar-refractivity contribution < 1.29 is 13.2 Å². The molecule has 7 heteroatoms. The monoisotopic (exact) mass is 273 g/mol. The minimum atomic E-state index is -3.65. The predicted molar refractivity (Wildman–Crippen MR) is 69.6 cm³/mol.